The Hall–Kier alpha value is -4.68. The molecule has 1 unspecified atom stereocenters. The summed E-state index contributed by atoms with van der Waals surface area (Å²) >= 11 is 0. The van der Waals surface area contributed by atoms with E-state index in [0.717, 1.165) is 0 Å². The number of aryl methyl sites for hydroxylation is 1. The first-order valence-corrected chi connectivity index (χ1v) is 13.6. The zero-order valence-corrected chi connectivity index (χ0v) is 23.1. The topological polar surface area (TPSA) is 124 Å². The number of halogens is 1. The summed E-state index contributed by atoms with van der Waals surface area (Å²) < 4.78 is 25.0. The second kappa shape index (κ2) is 10.4. The number of aromatic nitrogens is 7. The van der Waals surface area contributed by atoms with E-state index < -0.39 is 11.5 Å². The SMILES string of the molecule is C=CC(=O)N1CCN(c2nc(=O)n3c4nc(c(F)cc24)-c2cnnn2CCCOc2ccnc(C(C)C)c2-3)CC1C. The minimum atomic E-state index is -0.599. The largest absolute Gasteiger partial charge is 0.491 e. The predicted molar refractivity (Wildman–Crippen MR) is 150 cm³/mol. The molecule has 6 heterocycles. The average Bonchev–Trinajstić information content (AvgIpc) is 3.42. The van der Waals surface area contributed by atoms with Crippen LogP contribution < -0.4 is 15.3 Å². The lowest BCUT2D eigenvalue weighted by Gasteiger charge is -2.40. The van der Waals surface area contributed by atoms with Crippen molar-refractivity contribution in [3.05, 3.63) is 59.2 Å². The number of hydrogen-bond donors (Lipinski definition) is 0. The van der Waals surface area contributed by atoms with E-state index in [1.54, 1.807) is 21.8 Å². The second-order valence-electron chi connectivity index (χ2n) is 10.5. The van der Waals surface area contributed by atoms with Gasteiger partial charge in [0.25, 0.3) is 0 Å². The Morgan fingerprint density at radius 2 is 2.07 bits per heavy atom. The van der Waals surface area contributed by atoms with Crippen LogP contribution in [-0.2, 0) is 11.3 Å². The zero-order valence-electron chi connectivity index (χ0n) is 23.1. The highest BCUT2D eigenvalue weighted by Crippen LogP contribution is 2.35. The van der Waals surface area contributed by atoms with Gasteiger partial charge in [-0.3, -0.25) is 9.78 Å². The van der Waals surface area contributed by atoms with Gasteiger partial charge in [0, 0.05) is 50.9 Å². The molecule has 0 spiro atoms. The number of pyridine rings is 2. The second-order valence-corrected chi connectivity index (χ2v) is 10.5. The molecule has 0 aliphatic carbocycles. The van der Waals surface area contributed by atoms with Gasteiger partial charge in [0.05, 0.1) is 23.9 Å². The van der Waals surface area contributed by atoms with Gasteiger partial charge in [-0.1, -0.05) is 25.6 Å². The predicted octanol–water partition coefficient (Wildman–Crippen LogP) is 2.70. The number of hydrogen-bond acceptors (Lipinski definition) is 9. The van der Waals surface area contributed by atoms with Crippen LogP contribution in [0.25, 0.3) is 28.1 Å². The van der Waals surface area contributed by atoms with Crippen LogP contribution in [0.3, 0.4) is 0 Å². The fourth-order valence-corrected chi connectivity index (χ4v) is 5.54. The van der Waals surface area contributed by atoms with E-state index >= 15 is 4.39 Å². The third kappa shape index (κ3) is 4.50. The molecule has 2 aliphatic heterocycles. The summed E-state index contributed by atoms with van der Waals surface area (Å²) in [4.78, 5) is 43.7. The minimum absolute atomic E-state index is 0.0283. The summed E-state index contributed by atoms with van der Waals surface area (Å²) in [6.45, 7) is 11.4. The number of ether oxygens (including phenoxy) is 1. The van der Waals surface area contributed by atoms with Crippen molar-refractivity contribution >= 4 is 22.8 Å². The quantitative estimate of drug-likeness (QED) is 0.349. The maximum Gasteiger partial charge on any atom is 0.356 e. The molecule has 212 valence electrons. The van der Waals surface area contributed by atoms with Crippen molar-refractivity contribution in [2.24, 2.45) is 0 Å². The van der Waals surface area contributed by atoms with Gasteiger partial charge in [-0.25, -0.2) is 23.4 Å². The molecule has 0 saturated carbocycles. The Bertz CT molecular complexity index is 1730. The summed E-state index contributed by atoms with van der Waals surface area (Å²) in [5, 5.41) is 8.45. The summed E-state index contributed by atoms with van der Waals surface area (Å²) in [6.07, 6.45) is 4.96. The maximum atomic E-state index is 15.9. The van der Waals surface area contributed by atoms with Crippen molar-refractivity contribution in [2.75, 3.05) is 31.1 Å². The molecular weight excluding hydrogens is 529 g/mol. The number of rotatable bonds is 3. The highest BCUT2D eigenvalue weighted by atomic mass is 19.1. The summed E-state index contributed by atoms with van der Waals surface area (Å²) in [5.74, 6) is -0.0666. The molecule has 2 aliphatic rings. The number of carbonyl (C=O) groups excluding carboxylic acids is 1. The van der Waals surface area contributed by atoms with E-state index in [4.69, 9.17) is 9.72 Å². The number of piperazine rings is 1. The molecule has 0 radical (unpaired) electrons. The van der Waals surface area contributed by atoms with Crippen LogP contribution in [0.5, 0.6) is 5.75 Å². The molecule has 41 heavy (non-hydrogen) atoms. The standard InChI is InChI=1S/C28H30FN9O3/c1-5-22(39)36-11-10-35(15-17(36)4)26-18-13-19(29)24-20-14-31-34-37(20)9-6-12-41-21-7-8-30-23(16(2)3)25(21)38(27(18)32-24)28(40)33-26/h5,7-8,13-14,16-17H,1,6,9-12,15H2,2-4H3. The molecule has 12 nitrogen and oxygen atoms in total. The Labute approximate surface area is 235 Å². The smallest absolute Gasteiger partial charge is 0.356 e. The minimum Gasteiger partial charge on any atom is -0.491 e. The number of amides is 1. The fourth-order valence-electron chi connectivity index (χ4n) is 5.54. The Kier molecular flexibility index (Phi) is 6.72. The highest BCUT2D eigenvalue weighted by Gasteiger charge is 2.31. The van der Waals surface area contributed by atoms with Crippen molar-refractivity contribution < 1.29 is 13.9 Å². The fraction of sp³-hybridized carbons (Fsp3) is 0.393. The van der Waals surface area contributed by atoms with Crippen LogP contribution in [0.2, 0.25) is 0 Å². The Morgan fingerprint density at radius 3 is 2.83 bits per heavy atom. The van der Waals surface area contributed by atoms with Crippen LogP contribution in [0.15, 0.2) is 42.0 Å². The molecule has 13 heteroatoms. The Balaban J connectivity index is 1.64. The van der Waals surface area contributed by atoms with Gasteiger partial charge >= 0.3 is 5.69 Å². The summed E-state index contributed by atoms with van der Waals surface area (Å²) in [6, 6.07) is 2.88. The van der Waals surface area contributed by atoms with Crippen LogP contribution in [0.1, 0.15) is 38.8 Å². The molecular formula is C28H30FN9O3. The van der Waals surface area contributed by atoms with Crippen LogP contribution in [-0.4, -0.2) is 77.6 Å². The molecule has 6 rings (SSSR count). The molecule has 1 amide bonds. The lowest BCUT2D eigenvalue weighted by molar-refractivity contribution is -0.128. The number of carbonyl (C=O) groups is 1. The summed E-state index contributed by atoms with van der Waals surface area (Å²) in [5.41, 5.74) is 1.09. The van der Waals surface area contributed by atoms with E-state index in [0.29, 0.717) is 73.2 Å². The molecule has 1 saturated heterocycles. The van der Waals surface area contributed by atoms with E-state index in [-0.39, 0.29) is 29.2 Å². The van der Waals surface area contributed by atoms with Crippen molar-refractivity contribution in [2.45, 2.75) is 45.7 Å². The van der Waals surface area contributed by atoms with E-state index in [2.05, 4.69) is 26.9 Å². The first-order valence-electron chi connectivity index (χ1n) is 13.6. The first kappa shape index (κ1) is 26.5. The van der Waals surface area contributed by atoms with Gasteiger partial charge in [0.2, 0.25) is 5.91 Å². The first-order chi connectivity index (χ1) is 19.8. The monoisotopic (exact) mass is 559 g/mol. The average molecular weight is 560 g/mol. The van der Waals surface area contributed by atoms with Gasteiger partial charge in [0.15, 0.2) is 11.5 Å². The van der Waals surface area contributed by atoms with Crippen molar-refractivity contribution in [3.63, 3.8) is 0 Å². The molecule has 1 fully saturated rings. The van der Waals surface area contributed by atoms with Crippen LogP contribution in [0, 0.1) is 5.82 Å². The maximum absolute atomic E-state index is 15.9. The highest BCUT2D eigenvalue weighted by molar-refractivity contribution is 5.91. The van der Waals surface area contributed by atoms with Crippen LogP contribution in [0.4, 0.5) is 10.2 Å². The van der Waals surface area contributed by atoms with E-state index in [1.165, 1.54) is 22.9 Å². The van der Waals surface area contributed by atoms with Gasteiger partial charge in [0.1, 0.15) is 28.6 Å². The summed E-state index contributed by atoms with van der Waals surface area (Å²) in [7, 11) is 0. The van der Waals surface area contributed by atoms with Crippen molar-refractivity contribution in [1.29, 1.82) is 0 Å². The van der Waals surface area contributed by atoms with Crippen molar-refractivity contribution in [3.8, 4) is 22.8 Å². The lowest BCUT2D eigenvalue weighted by Crippen LogP contribution is -2.54. The van der Waals surface area contributed by atoms with Gasteiger partial charge < -0.3 is 14.5 Å². The van der Waals surface area contributed by atoms with Gasteiger partial charge in [-0.05, 0) is 25.0 Å². The molecule has 0 N–H and O–H groups in total. The van der Waals surface area contributed by atoms with Crippen LogP contribution >= 0.6 is 0 Å². The van der Waals surface area contributed by atoms with Gasteiger partial charge in [-0.15, -0.1) is 5.10 Å². The molecule has 2 bridgehead atoms. The Morgan fingerprint density at radius 1 is 1.24 bits per heavy atom. The number of nitrogens with zero attached hydrogens (tertiary/aromatic N) is 9. The van der Waals surface area contributed by atoms with E-state index in [9.17, 15) is 9.59 Å². The van der Waals surface area contributed by atoms with Crippen molar-refractivity contribution in [1.82, 2.24) is 39.4 Å². The van der Waals surface area contributed by atoms with Gasteiger partial charge in [-0.2, -0.15) is 4.98 Å². The zero-order chi connectivity index (χ0) is 28.8. The third-order valence-electron chi connectivity index (χ3n) is 7.50. The molecule has 4 aromatic heterocycles. The number of anilines is 1. The molecule has 0 aromatic carbocycles. The van der Waals surface area contributed by atoms with E-state index in [1.807, 2.05) is 25.7 Å². The number of fused-ring (bicyclic) bond motifs is 5. The third-order valence-corrected chi connectivity index (χ3v) is 7.50. The lowest BCUT2D eigenvalue weighted by atomic mass is 10.1. The normalized spacial score (nSPS) is 17.0. The molecule has 1 atom stereocenters. The molecule has 4 aromatic rings.